The van der Waals surface area contributed by atoms with Crippen molar-refractivity contribution in [1.82, 2.24) is 5.32 Å². The molecular formula is C12H25N. The van der Waals surface area contributed by atoms with E-state index < -0.39 is 0 Å². The van der Waals surface area contributed by atoms with E-state index in [4.69, 9.17) is 0 Å². The molecule has 0 radical (unpaired) electrons. The molecule has 2 atom stereocenters. The maximum Gasteiger partial charge on any atom is 0.00697 e. The van der Waals surface area contributed by atoms with Crippen molar-refractivity contribution in [3.63, 3.8) is 0 Å². The summed E-state index contributed by atoms with van der Waals surface area (Å²) in [6.45, 7) is 5.77. The van der Waals surface area contributed by atoms with Gasteiger partial charge in [-0.1, -0.05) is 39.5 Å². The summed E-state index contributed by atoms with van der Waals surface area (Å²) in [6.07, 6.45) is 9.88. The van der Waals surface area contributed by atoms with E-state index >= 15 is 0 Å². The van der Waals surface area contributed by atoms with Crippen molar-refractivity contribution >= 4 is 0 Å². The normalized spacial score (nSPS) is 29.1. The van der Waals surface area contributed by atoms with Crippen LogP contribution >= 0.6 is 0 Å². The van der Waals surface area contributed by atoms with Crippen molar-refractivity contribution in [3.8, 4) is 0 Å². The van der Waals surface area contributed by atoms with E-state index in [1.165, 1.54) is 51.5 Å². The molecule has 1 saturated carbocycles. The minimum atomic E-state index is 0.838. The molecule has 1 fully saturated rings. The van der Waals surface area contributed by atoms with Gasteiger partial charge in [0.15, 0.2) is 0 Å². The molecule has 0 amide bonds. The predicted molar refractivity (Wildman–Crippen MR) is 58.9 cm³/mol. The van der Waals surface area contributed by atoms with Crippen LogP contribution in [0.1, 0.15) is 58.8 Å². The van der Waals surface area contributed by atoms with Crippen molar-refractivity contribution in [1.29, 1.82) is 0 Å². The third-order valence-corrected chi connectivity index (χ3v) is 3.16. The fourth-order valence-electron chi connectivity index (χ4n) is 2.50. The molecule has 1 aliphatic rings. The summed E-state index contributed by atoms with van der Waals surface area (Å²) in [5.74, 6) is 1.02. The van der Waals surface area contributed by atoms with Crippen LogP contribution < -0.4 is 5.32 Å². The maximum atomic E-state index is 3.66. The third-order valence-electron chi connectivity index (χ3n) is 3.16. The monoisotopic (exact) mass is 183 g/mol. The smallest absolute Gasteiger partial charge is 0.00697 e. The largest absolute Gasteiger partial charge is 0.314 e. The first-order valence-electron chi connectivity index (χ1n) is 6.10. The van der Waals surface area contributed by atoms with Gasteiger partial charge >= 0.3 is 0 Å². The Bertz CT molecular complexity index is 120. The highest BCUT2D eigenvalue weighted by Gasteiger charge is 2.20. The Balaban J connectivity index is 2.16. The van der Waals surface area contributed by atoms with Crippen molar-refractivity contribution in [2.45, 2.75) is 64.8 Å². The van der Waals surface area contributed by atoms with E-state index in [0.29, 0.717) is 0 Å². The molecule has 0 saturated heterocycles. The van der Waals surface area contributed by atoms with Gasteiger partial charge in [0.1, 0.15) is 0 Å². The molecule has 0 bridgehead atoms. The highest BCUT2D eigenvalue weighted by molar-refractivity contribution is 4.77. The molecule has 1 heteroatoms. The minimum absolute atomic E-state index is 0.838. The van der Waals surface area contributed by atoms with Crippen LogP contribution in [0.4, 0.5) is 0 Å². The second kappa shape index (κ2) is 6.42. The molecule has 0 aromatic rings. The van der Waals surface area contributed by atoms with Crippen LogP contribution in [-0.4, -0.2) is 12.6 Å². The molecule has 78 valence electrons. The summed E-state index contributed by atoms with van der Waals surface area (Å²) in [5, 5.41) is 3.66. The lowest BCUT2D eigenvalue weighted by Crippen LogP contribution is -2.34. The summed E-state index contributed by atoms with van der Waals surface area (Å²) in [7, 11) is 0. The molecule has 1 nitrogen and oxygen atoms in total. The van der Waals surface area contributed by atoms with Crippen LogP contribution in [0.25, 0.3) is 0 Å². The van der Waals surface area contributed by atoms with E-state index in [1.807, 2.05) is 0 Å². The molecule has 0 spiro atoms. The lowest BCUT2D eigenvalue weighted by molar-refractivity contribution is 0.272. The van der Waals surface area contributed by atoms with E-state index in [1.54, 1.807) is 0 Å². The molecule has 0 aliphatic heterocycles. The first kappa shape index (κ1) is 11.0. The fourth-order valence-corrected chi connectivity index (χ4v) is 2.50. The molecular weight excluding hydrogens is 158 g/mol. The summed E-state index contributed by atoms with van der Waals surface area (Å²) >= 11 is 0. The highest BCUT2D eigenvalue weighted by atomic mass is 14.9. The Labute approximate surface area is 83.3 Å². The molecule has 2 unspecified atom stereocenters. The van der Waals surface area contributed by atoms with Crippen LogP contribution in [0.3, 0.4) is 0 Å². The predicted octanol–water partition coefficient (Wildman–Crippen LogP) is 3.34. The number of hydrogen-bond donors (Lipinski definition) is 1. The van der Waals surface area contributed by atoms with Crippen molar-refractivity contribution in [3.05, 3.63) is 0 Å². The van der Waals surface area contributed by atoms with E-state index in [-0.39, 0.29) is 0 Å². The number of nitrogens with one attached hydrogen (secondary N) is 1. The first-order chi connectivity index (χ1) is 6.36. The van der Waals surface area contributed by atoms with E-state index in [2.05, 4.69) is 19.2 Å². The van der Waals surface area contributed by atoms with Gasteiger partial charge in [0.25, 0.3) is 0 Å². The number of hydrogen-bond acceptors (Lipinski definition) is 1. The van der Waals surface area contributed by atoms with Crippen LogP contribution in [0, 0.1) is 5.92 Å². The molecule has 0 heterocycles. The Hall–Kier alpha value is -0.0400. The van der Waals surface area contributed by atoms with Gasteiger partial charge in [0, 0.05) is 6.04 Å². The summed E-state index contributed by atoms with van der Waals surface area (Å²) in [4.78, 5) is 0. The van der Waals surface area contributed by atoms with Crippen molar-refractivity contribution < 1.29 is 0 Å². The van der Waals surface area contributed by atoms with E-state index in [9.17, 15) is 0 Å². The maximum absolute atomic E-state index is 3.66. The average Bonchev–Trinajstić information content (AvgIpc) is 2.16. The second-order valence-corrected chi connectivity index (χ2v) is 4.47. The van der Waals surface area contributed by atoms with Crippen LogP contribution in [0.15, 0.2) is 0 Å². The SMILES string of the molecule is CCCNC1CCCC(CCC)C1. The van der Waals surface area contributed by atoms with Crippen LogP contribution in [0.2, 0.25) is 0 Å². The van der Waals surface area contributed by atoms with Crippen LogP contribution in [0.5, 0.6) is 0 Å². The van der Waals surface area contributed by atoms with Crippen molar-refractivity contribution in [2.24, 2.45) is 5.92 Å². The van der Waals surface area contributed by atoms with Crippen LogP contribution in [-0.2, 0) is 0 Å². The zero-order valence-electron chi connectivity index (χ0n) is 9.31. The van der Waals surface area contributed by atoms with E-state index in [0.717, 1.165) is 12.0 Å². The standard InChI is InChI=1S/C12H25N/c1-3-6-11-7-5-8-12(10-11)13-9-4-2/h11-13H,3-10H2,1-2H3. The topological polar surface area (TPSA) is 12.0 Å². The Morgan fingerprint density at radius 2 is 2.00 bits per heavy atom. The minimum Gasteiger partial charge on any atom is -0.314 e. The lowest BCUT2D eigenvalue weighted by Gasteiger charge is -2.29. The van der Waals surface area contributed by atoms with Gasteiger partial charge in [0.2, 0.25) is 0 Å². The fraction of sp³-hybridized carbons (Fsp3) is 1.00. The van der Waals surface area contributed by atoms with Gasteiger partial charge in [-0.05, 0) is 31.7 Å². The molecule has 13 heavy (non-hydrogen) atoms. The Kier molecular flexibility index (Phi) is 5.45. The molecule has 1 rings (SSSR count). The zero-order chi connectivity index (χ0) is 9.52. The van der Waals surface area contributed by atoms with Gasteiger partial charge in [-0.2, -0.15) is 0 Å². The summed E-state index contributed by atoms with van der Waals surface area (Å²) < 4.78 is 0. The van der Waals surface area contributed by atoms with Gasteiger partial charge < -0.3 is 5.32 Å². The summed E-state index contributed by atoms with van der Waals surface area (Å²) in [6, 6.07) is 0.838. The number of rotatable bonds is 5. The first-order valence-corrected chi connectivity index (χ1v) is 6.10. The molecule has 1 N–H and O–H groups in total. The highest BCUT2D eigenvalue weighted by Crippen LogP contribution is 2.27. The molecule has 0 aromatic carbocycles. The van der Waals surface area contributed by atoms with Gasteiger partial charge in [0.05, 0.1) is 0 Å². The van der Waals surface area contributed by atoms with Crippen molar-refractivity contribution in [2.75, 3.05) is 6.54 Å². The van der Waals surface area contributed by atoms with Gasteiger partial charge in [-0.25, -0.2) is 0 Å². The third kappa shape index (κ3) is 4.12. The van der Waals surface area contributed by atoms with Gasteiger partial charge in [-0.15, -0.1) is 0 Å². The lowest BCUT2D eigenvalue weighted by atomic mass is 9.83. The quantitative estimate of drug-likeness (QED) is 0.689. The second-order valence-electron chi connectivity index (χ2n) is 4.47. The zero-order valence-corrected chi connectivity index (χ0v) is 9.31. The average molecular weight is 183 g/mol. The molecule has 1 aliphatic carbocycles. The molecule has 0 aromatic heterocycles. The summed E-state index contributed by atoms with van der Waals surface area (Å²) in [5.41, 5.74) is 0. The Morgan fingerprint density at radius 3 is 2.69 bits per heavy atom. The Morgan fingerprint density at radius 1 is 1.15 bits per heavy atom. The van der Waals surface area contributed by atoms with Gasteiger partial charge in [-0.3, -0.25) is 0 Å².